The molecule has 1 aliphatic carbocycles. The van der Waals surface area contributed by atoms with E-state index >= 15 is 0 Å². The number of allylic oxidation sites excluding steroid dienone is 5. The first-order valence-electron chi connectivity index (χ1n) is 8.78. The van der Waals surface area contributed by atoms with Crippen LogP contribution in [0.15, 0.2) is 90.5 Å². The molecule has 0 saturated carbocycles. The highest BCUT2D eigenvalue weighted by molar-refractivity contribution is 7.89. The summed E-state index contributed by atoms with van der Waals surface area (Å²) in [6.07, 6.45) is 7.93. The van der Waals surface area contributed by atoms with E-state index in [2.05, 4.69) is 36.3 Å². The van der Waals surface area contributed by atoms with Crippen LogP contribution in [0.3, 0.4) is 0 Å². The van der Waals surface area contributed by atoms with Gasteiger partial charge in [0.15, 0.2) is 0 Å². The number of hydrogen-bond donors (Lipinski definition) is 0. The van der Waals surface area contributed by atoms with Crippen LogP contribution in [0, 0.1) is 0 Å². The van der Waals surface area contributed by atoms with Crippen LogP contribution in [-0.4, -0.2) is 23.7 Å². The van der Waals surface area contributed by atoms with Crippen molar-refractivity contribution >= 4 is 29.4 Å². The second kappa shape index (κ2) is 8.34. The van der Waals surface area contributed by atoms with Crippen molar-refractivity contribution in [2.24, 2.45) is 0 Å². The number of rotatable bonds is 5. The smallest absolute Gasteiger partial charge is 0.128 e. The zero-order valence-corrected chi connectivity index (χ0v) is 16.0. The van der Waals surface area contributed by atoms with E-state index in [9.17, 15) is 4.79 Å². The normalized spacial score (nSPS) is 16.6. The molecular formula is C23H23O2P. The molecule has 2 aromatic rings. The zero-order chi connectivity index (χ0) is 18.4. The monoisotopic (exact) mass is 362 g/mol. The summed E-state index contributed by atoms with van der Waals surface area (Å²) in [5.41, 5.74) is 0.575. The molecule has 2 aromatic carbocycles. The van der Waals surface area contributed by atoms with Gasteiger partial charge >= 0.3 is 0 Å². The molecule has 0 radical (unpaired) electrons. The average molecular weight is 362 g/mol. The Kier molecular flexibility index (Phi) is 5.91. The summed E-state index contributed by atoms with van der Waals surface area (Å²) in [5, 5.41) is 2.37. The van der Waals surface area contributed by atoms with Crippen LogP contribution < -0.4 is 10.6 Å². The van der Waals surface area contributed by atoms with Gasteiger partial charge in [0.1, 0.15) is 5.94 Å². The number of hydrogen-bond acceptors (Lipinski definition) is 2. The van der Waals surface area contributed by atoms with E-state index in [-0.39, 0.29) is 11.8 Å². The Balaban J connectivity index is 2.36. The maximum atomic E-state index is 11.7. The molecule has 0 bridgehead atoms. The summed E-state index contributed by atoms with van der Waals surface area (Å²) in [6, 6.07) is 20.7. The van der Waals surface area contributed by atoms with Crippen molar-refractivity contribution in [1.29, 1.82) is 0 Å². The molecule has 2 nitrogen and oxygen atoms in total. The third kappa shape index (κ3) is 3.59. The van der Waals surface area contributed by atoms with Gasteiger partial charge in [-0.2, -0.15) is 0 Å². The van der Waals surface area contributed by atoms with Gasteiger partial charge in [0.2, 0.25) is 0 Å². The largest absolute Gasteiger partial charge is 0.350 e. The van der Waals surface area contributed by atoms with Crippen molar-refractivity contribution in [3.05, 3.63) is 90.5 Å². The molecule has 0 amide bonds. The minimum absolute atomic E-state index is 0.0635. The van der Waals surface area contributed by atoms with Crippen LogP contribution >= 0.6 is 6.89 Å². The van der Waals surface area contributed by atoms with Gasteiger partial charge in [0.05, 0.1) is 6.10 Å². The van der Waals surface area contributed by atoms with E-state index in [0.29, 0.717) is 5.57 Å². The molecule has 0 aliphatic heterocycles. The summed E-state index contributed by atoms with van der Waals surface area (Å²) >= 11 is 0. The molecular weight excluding hydrogens is 339 g/mol. The maximum absolute atomic E-state index is 11.7. The Labute approximate surface area is 155 Å². The standard InChI is InChI=1S/C23H23O2P/c1-19(2)25-18-26(21-12-5-3-6-13-21,22-14-7-4-8-15-22)23-16-10-9-11-20(23)17-24/h3-16,18-19,23H,1-2H3. The molecule has 0 heterocycles. The molecule has 0 aromatic heterocycles. The fourth-order valence-electron chi connectivity index (χ4n) is 3.21. The van der Waals surface area contributed by atoms with Crippen LogP contribution in [0.1, 0.15) is 13.8 Å². The fraction of sp³-hybridized carbons (Fsp3) is 0.174. The second-order valence-corrected chi connectivity index (χ2v) is 9.84. The van der Waals surface area contributed by atoms with E-state index in [0.717, 1.165) is 0 Å². The first-order valence-corrected chi connectivity index (χ1v) is 10.7. The minimum Gasteiger partial charge on any atom is -0.350 e. The lowest BCUT2D eigenvalue weighted by atomic mass is 10.1. The minimum atomic E-state index is -2.19. The third-order valence-electron chi connectivity index (χ3n) is 4.42. The number of carbonyl (C=O) groups excluding carboxylic acids is 1. The molecule has 26 heavy (non-hydrogen) atoms. The Bertz CT molecular complexity index is 858. The van der Waals surface area contributed by atoms with Gasteiger partial charge < -0.3 is 4.74 Å². The highest BCUT2D eigenvalue weighted by atomic mass is 31.2. The lowest BCUT2D eigenvalue weighted by molar-refractivity contribution is 0.246. The number of benzene rings is 2. The molecule has 1 atom stereocenters. The maximum Gasteiger partial charge on any atom is 0.128 e. The quantitative estimate of drug-likeness (QED) is 0.591. The highest BCUT2D eigenvalue weighted by Gasteiger charge is 2.34. The summed E-state index contributed by atoms with van der Waals surface area (Å²) in [6.45, 7) is 1.86. The van der Waals surface area contributed by atoms with E-state index < -0.39 is 6.89 Å². The Morgan fingerprint density at radius 2 is 1.54 bits per heavy atom. The zero-order valence-electron chi connectivity index (χ0n) is 15.1. The molecule has 0 N–H and O–H groups in total. The predicted octanol–water partition coefficient (Wildman–Crippen LogP) is 4.09. The summed E-state index contributed by atoms with van der Waals surface area (Å²) in [4.78, 5) is 11.7. The molecule has 3 rings (SSSR count). The number of ether oxygens (including phenoxy) is 1. The van der Waals surface area contributed by atoms with Gasteiger partial charge in [-0.1, -0.05) is 78.9 Å². The van der Waals surface area contributed by atoms with Crippen molar-refractivity contribution < 1.29 is 9.53 Å². The van der Waals surface area contributed by atoms with Crippen LogP contribution in [0.4, 0.5) is 0 Å². The molecule has 0 spiro atoms. The molecule has 1 unspecified atom stereocenters. The summed E-state index contributed by atoms with van der Waals surface area (Å²) < 4.78 is 6.09. The van der Waals surface area contributed by atoms with Gasteiger partial charge in [-0.25, -0.2) is 4.79 Å². The lowest BCUT2D eigenvalue weighted by Crippen LogP contribution is -2.29. The first kappa shape index (κ1) is 18.4. The van der Waals surface area contributed by atoms with Gasteiger partial charge in [0, 0.05) is 17.2 Å². The van der Waals surface area contributed by atoms with Crippen LogP contribution in [0.2, 0.25) is 0 Å². The topological polar surface area (TPSA) is 26.3 Å². The third-order valence-corrected chi connectivity index (χ3v) is 8.51. The van der Waals surface area contributed by atoms with E-state index in [1.165, 1.54) is 10.6 Å². The Morgan fingerprint density at radius 1 is 0.962 bits per heavy atom. The fourth-order valence-corrected chi connectivity index (χ4v) is 7.23. The van der Waals surface area contributed by atoms with Gasteiger partial charge in [-0.3, -0.25) is 0 Å². The lowest BCUT2D eigenvalue weighted by Gasteiger charge is -2.34. The second-order valence-electron chi connectivity index (χ2n) is 6.48. The van der Waals surface area contributed by atoms with E-state index in [1.807, 2.05) is 74.5 Å². The highest BCUT2D eigenvalue weighted by Crippen LogP contribution is 2.53. The molecule has 0 fully saturated rings. The summed E-state index contributed by atoms with van der Waals surface area (Å²) in [5.74, 6) is 4.18. The Morgan fingerprint density at radius 3 is 2.04 bits per heavy atom. The van der Waals surface area contributed by atoms with Gasteiger partial charge in [0.25, 0.3) is 0 Å². The van der Waals surface area contributed by atoms with Crippen molar-refractivity contribution in [1.82, 2.24) is 0 Å². The molecule has 1 aliphatic rings. The van der Waals surface area contributed by atoms with Crippen molar-refractivity contribution in [2.75, 3.05) is 0 Å². The van der Waals surface area contributed by atoms with E-state index in [4.69, 9.17) is 4.74 Å². The average Bonchev–Trinajstić information content (AvgIpc) is 2.70. The van der Waals surface area contributed by atoms with Gasteiger partial charge in [-0.15, -0.1) is 0 Å². The van der Waals surface area contributed by atoms with E-state index in [1.54, 1.807) is 0 Å². The first-order chi connectivity index (χ1) is 12.7. The molecule has 3 heteroatoms. The molecule has 0 saturated heterocycles. The Hall–Kier alpha value is -2.37. The summed E-state index contributed by atoms with van der Waals surface area (Å²) in [7, 11) is 0. The van der Waals surface area contributed by atoms with Crippen LogP contribution in [0.5, 0.6) is 0 Å². The van der Waals surface area contributed by atoms with Crippen molar-refractivity contribution in [3.63, 3.8) is 0 Å². The van der Waals surface area contributed by atoms with Crippen molar-refractivity contribution in [3.8, 4) is 0 Å². The van der Waals surface area contributed by atoms with Crippen molar-refractivity contribution in [2.45, 2.75) is 25.6 Å². The van der Waals surface area contributed by atoms with Gasteiger partial charge in [-0.05, 0) is 37.4 Å². The molecule has 132 valence electrons. The SMILES string of the molecule is CC(C)OC=P(c1ccccc1)(c1ccccc1)C1C=CC=CC1=C=O. The van der Waals surface area contributed by atoms with Crippen LogP contribution in [0.25, 0.3) is 0 Å². The van der Waals surface area contributed by atoms with Crippen LogP contribution in [-0.2, 0) is 9.53 Å². The predicted molar refractivity (Wildman–Crippen MR) is 113 cm³/mol.